The van der Waals surface area contributed by atoms with Crippen LogP contribution in [0.2, 0.25) is 0 Å². The molecule has 8 nitrogen and oxygen atoms in total. The van der Waals surface area contributed by atoms with Crippen molar-refractivity contribution in [1.82, 2.24) is 9.88 Å². The zero-order valence-electron chi connectivity index (χ0n) is 17.9. The summed E-state index contributed by atoms with van der Waals surface area (Å²) in [6, 6.07) is 3.68. The van der Waals surface area contributed by atoms with E-state index in [1.807, 2.05) is 26.8 Å². The number of halogens is 1. The maximum absolute atomic E-state index is 12.6. The smallest absolute Gasteiger partial charge is 0.410 e. The number of nitrogens with one attached hydrogen (secondary N) is 1. The van der Waals surface area contributed by atoms with Crippen LogP contribution in [0, 0.1) is 13.8 Å². The minimum absolute atomic E-state index is 0.276. The van der Waals surface area contributed by atoms with Crippen LogP contribution in [0.25, 0.3) is 0 Å². The Bertz CT molecular complexity index is 926. The van der Waals surface area contributed by atoms with Gasteiger partial charge >= 0.3 is 6.09 Å². The van der Waals surface area contributed by atoms with Crippen molar-refractivity contribution in [1.29, 1.82) is 0 Å². The molecule has 0 radical (unpaired) electrons. The maximum Gasteiger partial charge on any atom is 0.410 e. The minimum atomic E-state index is -0.498. The molecule has 1 aliphatic heterocycles. The molecule has 1 aliphatic rings. The van der Waals surface area contributed by atoms with E-state index in [2.05, 4.69) is 31.1 Å². The molecule has 2 amide bonds. The number of ether oxygens (including phenoxy) is 1. The van der Waals surface area contributed by atoms with E-state index in [1.165, 1.54) is 0 Å². The molecular formula is C21H27BrN4O4. The van der Waals surface area contributed by atoms with Crippen LogP contribution in [0.4, 0.5) is 16.3 Å². The van der Waals surface area contributed by atoms with Gasteiger partial charge in [-0.3, -0.25) is 4.79 Å². The van der Waals surface area contributed by atoms with Crippen LogP contribution < -0.4 is 10.2 Å². The van der Waals surface area contributed by atoms with Gasteiger partial charge in [0.25, 0.3) is 5.91 Å². The van der Waals surface area contributed by atoms with Gasteiger partial charge in [-0.15, -0.1) is 0 Å². The van der Waals surface area contributed by atoms with E-state index in [4.69, 9.17) is 9.15 Å². The second-order valence-corrected chi connectivity index (χ2v) is 9.01. The summed E-state index contributed by atoms with van der Waals surface area (Å²) in [5.41, 5.74) is 0.909. The van der Waals surface area contributed by atoms with Crippen molar-refractivity contribution in [3.05, 3.63) is 39.9 Å². The summed E-state index contributed by atoms with van der Waals surface area (Å²) in [7, 11) is 0. The van der Waals surface area contributed by atoms with Crippen molar-refractivity contribution in [3.63, 3.8) is 0 Å². The third kappa shape index (κ3) is 5.13. The number of furan rings is 1. The Morgan fingerprint density at radius 1 is 1.13 bits per heavy atom. The molecule has 0 unspecified atom stereocenters. The third-order valence-corrected chi connectivity index (χ3v) is 5.65. The second-order valence-electron chi connectivity index (χ2n) is 8.21. The highest BCUT2D eigenvalue weighted by Gasteiger charge is 2.26. The van der Waals surface area contributed by atoms with Crippen molar-refractivity contribution in [3.8, 4) is 0 Å². The predicted molar refractivity (Wildman–Crippen MR) is 118 cm³/mol. The Hall–Kier alpha value is -2.55. The van der Waals surface area contributed by atoms with Gasteiger partial charge < -0.3 is 24.3 Å². The van der Waals surface area contributed by atoms with Crippen molar-refractivity contribution < 1.29 is 18.7 Å². The fourth-order valence-corrected chi connectivity index (χ4v) is 3.76. The molecule has 0 aliphatic carbocycles. The Morgan fingerprint density at radius 3 is 2.30 bits per heavy atom. The summed E-state index contributed by atoms with van der Waals surface area (Å²) in [6.45, 7) is 11.7. The van der Waals surface area contributed by atoms with E-state index in [1.54, 1.807) is 31.0 Å². The number of hydrogen-bond acceptors (Lipinski definition) is 6. The summed E-state index contributed by atoms with van der Waals surface area (Å²) in [4.78, 5) is 33.0. The molecule has 1 saturated heterocycles. The molecule has 9 heteroatoms. The molecule has 162 valence electrons. The lowest BCUT2D eigenvalue weighted by molar-refractivity contribution is 0.0240. The average molecular weight is 479 g/mol. The lowest BCUT2D eigenvalue weighted by Crippen LogP contribution is -2.50. The van der Waals surface area contributed by atoms with Crippen LogP contribution in [0.15, 0.2) is 27.2 Å². The minimum Gasteiger partial charge on any atom is -0.465 e. The van der Waals surface area contributed by atoms with E-state index < -0.39 is 5.60 Å². The topological polar surface area (TPSA) is 87.9 Å². The maximum atomic E-state index is 12.6. The van der Waals surface area contributed by atoms with Gasteiger partial charge in [0.05, 0.1) is 21.9 Å². The molecular weight excluding hydrogens is 452 g/mol. The van der Waals surface area contributed by atoms with Gasteiger partial charge in [-0.1, -0.05) is 0 Å². The van der Waals surface area contributed by atoms with Crippen LogP contribution in [0.1, 0.15) is 42.6 Å². The third-order valence-electron chi connectivity index (χ3n) is 4.70. The van der Waals surface area contributed by atoms with Crippen LogP contribution in [-0.2, 0) is 4.74 Å². The predicted octanol–water partition coefficient (Wildman–Crippen LogP) is 4.36. The molecule has 1 N–H and O–H groups in total. The molecule has 2 aromatic rings. The number of anilines is 2. The normalized spacial score (nSPS) is 14.6. The number of aryl methyl sites for hydroxylation is 2. The number of rotatable bonds is 3. The van der Waals surface area contributed by atoms with E-state index >= 15 is 0 Å². The van der Waals surface area contributed by atoms with Gasteiger partial charge in [0.2, 0.25) is 0 Å². The zero-order valence-corrected chi connectivity index (χ0v) is 19.5. The van der Waals surface area contributed by atoms with E-state index in [-0.39, 0.29) is 12.0 Å². The fourth-order valence-electron chi connectivity index (χ4n) is 3.22. The molecule has 0 bridgehead atoms. The Morgan fingerprint density at radius 2 is 1.80 bits per heavy atom. The van der Waals surface area contributed by atoms with Crippen LogP contribution in [0.5, 0.6) is 0 Å². The number of nitrogens with zero attached hydrogens (tertiary/aromatic N) is 3. The van der Waals surface area contributed by atoms with Gasteiger partial charge in [-0.2, -0.15) is 0 Å². The monoisotopic (exact) mass is 478 g/mol. The molecule has 30 heavy (non-hydrogen) atoms. The van der Waals surface area contributed by atoms with Gasteiger partial charge in [-0.05, 0) is 62.7 Å². The lowest BCUT2D eigenvalue weighted by atomic mass is 10.2. The van der Waals surface area contributed by atoms with Crippen molar-refractivity contribution in [2.24, 2.45) is 0 Å². The zero-order chi connectivity index (χ0) is 22.1. The van der Waals surface area contributed by atoms with Crippen molar-refractivity contribution in [2.45, 2.75) is 40.2 Å². The number of piperazine rings is 1. The Kier molecular flexibility index (Phi) is 6.40. The van der Waals surface area contributed by atoms with Gasteiger partial charge in [-0.25, -0.2) is 9.78 Å². The average Bonchev–Trinajstić information content (AvgIpc) is 2.93. The molecule has 0 spiro atoms. The summed E-state index contributed by atoms with van der Waals surface area (Å²) in [6.07, 6.45) is 1.44. The summed E-state index contributed by atoms with van der Waals surface area (Å²) < 4.78 is 11.6. The molecule has 3 rings (SSSR count). The van der Waals surface area contributed by atoms with E-state index in [0.29, 0.717) is 53.6 Å². The SMILES string of the molecule is Cc1oc(C)c(C(=O)Nc2ccc(N3CCN(C(=O)OC(C)(C)C)CC3)cn2)c1Br. The van der Waals surface area contributed by atoms with Gasteiger partial charge in [0.1, 0.15) is 22.9 Å². The Balaban J connectivity index is 1.58. The van der Waals surface area contributed by atoms with Crippen LogP contribution in [-0.4, -0.2) is 53.7 Å². The number of carbonyl (C=O) groups excluding carboxylic acids is 2. The molecule has 2 aromatic heterocycles. The molecule has 0 saturated carbocycles. The van der Waals surface area contributed by atoms with E-state index in [9.17, 15) is 9.59 Å². The number of aromatic nitrogens is 1. The number of pyridine rings is 1. The second kappa shape index (κ2) is 8.67. The van der Waals surface area contributed by atoms with Crippen molar-refractivity contribution >= 4 is 39.4 Å². The van der Waals surface area contributed by atoms with Crippen LogP contribution in [0.3, 0.4) is 0 Å². The first-order chi connectivity index (χ1) is 14.0. The first kappa shape index (κ1) is 22.1. The first-order valence-electron chi connectivity index (χ1n) is 9.81. The molecule has 3 heterocycles. The summed E-state index contributed by atoms with van der Waals surface area (Å²) in [5.74, 6) is 1.39. The quantitative estimate of drug-likeness (QED) is 0.704. The summed E-state index contributed by atoms with van der Waals surface area (Å²) in [5, 5.41) is 2.80. The highest BCUT2D eigenvalue weighted by Crippen LogP contribution is 2.28. The fraction of sp³-hybridized carbons (Fsp3) is 0.476. The largest absolute Gasteiger partial charge is 0.465 e. The highest BCUT2D eigenvalue weighted by atomic mass is 79.9. The Labute approximate surface area is 184 Å². The first-order valence-corrected chi connectivity index (χ1v) is 10.6. The number of carbonyl (C=O) groups is 2. The highest BCUT2D eigenvalue weighted by molar-refractivity contribution is 9.10. The van der Waals surface area contributed by atoms with Gasteiger partial charge in [0.15, 0.2) is 0 Å². The molecule has 1 fully saturated rings. The summed E-state index contributed by atoms with van der Waals surface area (Å²) >= 11 is 3.39. The van der Waals surface area contributed by atoms with Crippen LogP contribution >= 0.6 is 15.9 Å². The standard InChI is InChI=1S/C21H27BrN4O4/c1-13-17(18(22)14(2)29-13)19(27)24-16-7-6-15(12-23-16)25-8-10-26(11-9-25)20(28)30-21(3,4)5/h6-7,12H,8-11H2,1-5H3,(H,23,24,27). The van der Waals surface area contributed by atoms with Gasteiger partial charge in [0, 0.05) is 26.2 Å². The lowest BCUT2D eigenvalue weighted by Gasteiger charge is -2.36. The molecule has 0 atom stereocenters. The molecule has 0 aromatic carbocycles. The van der Waals surface area contributed by atoms with E-state index in [0.717, 1.165) is 5.69 Å². The number of hydrogen-bond donors (Lipinski definition) is 1. The van der Waals surface area contributed by atoms with Crippen molar-refractivity contribution in [2.75, 3.05) is 36.4 Å². The number of amides is 2.